The van der Waals surface area contributed by atoms with Crippen molar-refractivity contribution in [3.05, 3.63) is 0 Å². The van der Waals surface area contributed by atoms with Gasteiger partial charge in [0.15, 0.2) is 0 Å². The average Bonchev–Trinajstić information content (AvgIpc) is 2.34. The molecule has 0 aromatic carbocycles. The Kier molecular flexibility index (Phi) is 2.97. The molecule has 0 radical (unpaired) electrons. The minimum Gasteiger partial charge on any atom is -0.330 e. The molecule has 0 amide bonds. The SMILES string of the molecule is NCCCN1CCCN1. The van der Waals surface area contributed by atoms with Gasteiger partial charge < -0.3 is 5.73 Å². The molecule has 54 valence electrons. The maximum atomic E-state index is 5.35. The van der Waals surface area contributed by atoms with Crippen molar-refractivity contribution in [2.75, 3.05) is 26.2 Å². The molecule has 1 heterocycles. The van der Waals surface area contributed by atoms with E-state index in [1.165, 1.54) is 13.0 Å². The van der Waals surface area contributed by atoms with E-state index in [1.807, 2.05) is 0 Å². The van der Waals surface area contributed by atoms with Crippen molar-refractivity contribution in [1.82, 2.24) is 10.4 Å². The minimum absolute atomic E-state index is 0.804. The summed E-state index contributed by atoms with van der Waals surface area (Å²) in [7, 11) is 0. The van der Waals surface area contributed by atoms with E-state index in [9.17, 15) is 0 Å². The third kappa shape index (κ3) is 2.30. The summed E-state index contributed by atoms with van der Waals surface area (Å²) in [6, 6.07) is 0. The van der Waals surface area contributed by atoms with Crippen LogP contribution in [0.1, 0.15) is 12.8 Å². The van der Waals surface area contributed by atoms with Gasteiger partial charge in [0, 0.05) is 19.6 Å². The Labute approximate surface area is 56.2 Å². The van der Waals surface area contributed by atoms with Crippen LogP contribution in [0.25, 0.3) is 0 Å². The van der Waals surface area contributed by atoms with Gasteiger partial charge in [-0.15, -0.1) is 0 Å². The Balaban J connectivity index is 1.98. The van der Waals surface area contributed by atoms with Gasteiger partial charge in [-0.2, -0.15) is 0 Å². The second-order valence-electron chi connectivity index (χ2n) is 2.39. The molecule has 3 heteroatoms. The first kappa shape index (κ1) is 6.99. The fourth-order valence-electron chi connectivity index (χ4n) is 1.06. The van der Waals surface area contributed by atoms with E-state index in [4.69, 9.17) is 5.73 Å². The molecule has 0 atom stereocenters. The second-order valence-corrected chi connectivity index (χ2v) is 2.39. The Morgan fingerprint density at radius 3 is 3.00 bits per heavy atom. The van der Waals surface area contributed by atoms with E-state index >= 15 is 0 Å². The molecule has 1 aliphatic heterocycles. The van der Waals surface area contributed by atoms with E-state index in [2.05, 4.69) is 10.4 Å². The predicted octanol–water partition coefficient (Wildman–Crippen LogP) is -0.455. The van der Waals surface area contributed by atoms with Crippen LogP contribution in [0.15, 0.2) is 0 Å². The third-order valence-corrected chi connectivity index (χ3v) is 1.57. The van der Waals surface area contributed by atoms with Gasteiger partial charge in [-0.05, 0) is 19.4 Å². The molecule has 0 aliphatic carbocycles. The summed E-state index contributed by atoms with van der Waals surface area (Å²) in [4.78, 5) is 0. The molecule has 0 saturated carbocycles. The lowest BCUT2D eigenvalue weighted by atomic mass is 10.4. The van der Waals surface area contributed by atoms with Gasteiger partial charge in [0.25, 0.3) is 0 Å². The molecular weight excluding hydrogens is 114 g/mol. The lowest BCUT2D eigenvalue weighted by Gasteiger charge is -2.13. The zero-order valence-corrected chi connectivity index (χ0v) is 5.77. The van der Waals surface area contributed by atoms with Gasteiger partial charge in [-0.3, -0.25) is 5.43 Å². The average molecular weight is 129 g/mol. The lowest BCUT2D eigenvalue weighted by molar-refractivity contribution is 0.252. The van der Waals surface area contributed by atoms with Gasteiger partial charge >= 0.3 is 0 Å². The Hall–Kier alpha value is -0.120. The molecule has 1 aliphatic rings. The maximum absolute atomic E-state index is 5.35. The molecule has 3 nitrogen and oxygen atoms in total. The van der Waals surface area contributed by atoms with Crippen molar-refractivity contribution in [2.45, 2.75) is 12.8 Å². The van der Waals surface area contributed by atoms with Crippen LogP contribution in [0.2, 0.25) is 0 Å². The highest BCUT2D eigenvalue weighted by atomic mass is 15.5. The number of nitrogens with zero attached hydrogens (tertiary/aromatic N) is 1. The molecule has 0 unspecified atom stereocenters. The number of hydrogen-bond donors (Lipinski definition) is 2. The van der Waals surface area contributed by atoms with Crippen molar-refractivity contribution in [2.24, 2.45) is 5.73 Å². The van der Waals surface area contributed by atoms with Gasteiger partial charge in [-0.1, -0.05) is 0 Å². The smallest absolute Gasteiger partial charge is 0.0143 e. The van der Waals surface area contributed by atoms with Crippen molar-refractivity contribution in [3.8, 4) is 0 Å². The van der Waals surface area contributed by atoms with Gasteiger partial charge in [-0.25, -0.2) is 5.01 Å². The molecule has 1 saturated heterocycles. The molecular formula is C6H15N3. The quantitative estimate of drug-likeness (QED) is 0.542. The molecule has 0 aromatic heterocycles. The zero-order chi connectivity index (χ0) is 6.53. The number of nitrogens with one attached hydrogen (secondary N) is 1. The summed E-state index contributed by atoms with van der Waals surface area (Å²) in [6.45, 7) is 4.25. The summed E-state index contributed by atoms with van der Waals surface area (Å²) >= 11 is 0. The number of hydrazine groups is 1. The van der Waals surface area contributed by atoms with Crippen LogP contribution in [0.3, 0.4) is 0 Å². The van der Waals surface area contributed by atoms with E-state index in [0.29, 0.717) is 0 Å². The number of rotatable bonds is 3. The molecule has 0 bridgehead atoms. The van der Waals surface area contributed by atoms with Crippen molar-refractivity contribution in [1.29, 1.82) is 0 Å². The molecule has 0 aromatic rings. The first-order chi connectivity index (χ1) is 4.43. The Bertz CT molecular complexity index is 68.7. The van der Waals surface area contributed by atoms with Crippen LogP contribution in [-0.2, 0) is 0 Å². The van der Waals surface area contributed by atoms with Crippen LogP contribution >= 0.6 is 0 Å². The largest absolute Gasteiger partial charge is 0.330 e. The van der Waals surface area contributed by atoms with Gasteiger partial charge in [0.2, 0.25) is 0 Å². The molecule has 0 spiro atoms. The predicted molar refractivity (Wildman–Crippen MR) is 37.9 cm³/mol. The molecule has 1 fully saturated rings. The fraction of sp³-hybridized carbons (Fsp3) is 1.00. The first-order valence-corrected chi connectivity index (χ1v) is 3.62. The second kappa shape index (κ2) is 3.82. The summed E-state index contributed by atoms with van der Waals surface area (Å²) in [5.74, 6) is 0. The third-order valence-electron chi connectivity index (χ3n) is 1.57. The first-order valence-electron chi connectivity index (χ1n) is 3.62. The normalized spacial score (nSPS) is 21.0. The summed E-state index contributed by atoms with van der Waals surface area (Å²) in [5, 5.41) is 2.24. The molecule has 3 N–H and O–H groups in total. The van der Waals surface area contributed by atoms with Crippen molar-refractivity contribution < 1.29 is 0 Å². The van der Waals surface area contributed by atoms with E-state index in [1.54, 1.807) is 0 Å². The van der Waals surface area contributed by atoms with Crippen LogP contribution < -0.4 is 11.2 Å². The topological polar surface area (TPSA) is 41.3 Å². The molecule has 1 rings (SSSR count). The highest BCUT2D eigenvalue weighted by Crippen LogP contribution is 1.95. The maximum Gasteiger partial charge on any atom is 0.0143 e. The van der Waals surface area contributed by atoms with Crippen LogP contribution in [0.4, 0.5) is 0 Å². The van der Waals surface area contributed by atoms with E-state index < -0.39 is 0 Å². The van der Waals surface area contributed by atoms with Crippen LogP contribution in [0.5, 0.6) is 0 Å². The van der Waals surface area contributed by atoms with E-state index in [0.717, 1.165) is 26.1 Å². The summed E-state index contributed by atoms with van der Waals surface area (Å²) in [5.41, 5.74) is 8.62. The van der Waals surface area contributed by atoms with Gasteiger partial charge in [0.05, 0.1) is 0 Å². The summed E-state index contributed by atoms with van der Waals surface area (Å²) < 4.78 is 0. The Morgan fingerprint density at radius 1 is 1.56 bits per heavy atom. The van der Waals surface area contributed by atoms with Crippen molar-refractivity contribution >= 4 is 0 Å². The Morgan fingerprint density at radius 2 is 2.44 bits per heavy atom. The van der Waals surface area contributed by atoms with Crippen LogP contribution in [-0.4, -0.2) is 31.2 Å². The lowest BCUT2D eigenvalue weighted by Crippen LogP contribution is -2.32. The fourth-order valence-corrected chi connectivity index (χ4v) is 1.06. The summed E-state index contributed by atoms with van der Waals surface area (Å²) in [6.07, 6.45) is 2.39. The van der Waals surface area contributed by atoms with Crippen LogP contribution in [0, 0.1) is 0 Å². The minimum atomic E-state index is 0.804. The van der Waals surface area contributed by atoms with E-state index in [-0.39, 0.29) is 0 Å². The molecule has 9 heavy (non-hydrogen) atoms. The monoisotopic (exact) mass is 129 g/mol. The van der Waals surface area contributed by atoms with Crippen molar-refractivity contribution in [3.63, 3.8) is 0 Å². The number of hydrogen-bond acceptors (Lipinski definition) is 3. The zero-order valence-electron chi connectivity index (χ0n) is 5.77. The highest BCUT2D eigenvalue weighted by Gasteiger charge is 2.08. The standard InChI is InChI=1S/C6H15N3/c7-3-1-5-9-6-2-4-8-9/h8H,1-7H2. The highest BCUT2D eigenvalue weighted by molar-refractivity contribution is 4.60. The number of nitrogens with two attached hydrogens (primary N) is 1. The van der Waals surface area contributed by atoms with Gasteiger partial charge in [0.1, 0.15) is 0 Å².